The molecule has 1 amide bonds. The monoisotopic (exact) mass is 312 g/mol. The minimum atomic E-state index is -0.0424. The Morgan fingerprint density at radius 3 is 3.06 bits per heavy atom. The van der Waals surface area contributed by atoms with E-state index in [0.717, 1.165) is 10.0 Å². The van der Waals surface area contributed by atoms with Gasteiger partial charge in [-0.15, -0.1) is 0 Å². The lowest BCUT2D eigenvalue weighted by Gasteiger charge is -2.32. The van der Waals surface area contributed by atoms with Crippen molar-refractivity contribution >= 4 is 21.8 Å². The van der Waals surface area contributed by atoms with Crippen LogP contribution >= 0.6 is 15.9 Å². The van der Waals surface area contributed by atoms with E-state index in [2.05, 4.69) is 15.9 Å². The van der Waals surface area contributed by atoms with E-state index in [4.69, 9.17) is 10.5 Å². The zero-order valence-electron chi connectivity index (χ0n) is 10.4. The second kappa shape index (κ2) is 5.82. The van der Waals surface area contributed by atoms with Crippen LogP contribution in [-0.2, 0) is 4.74 Å². The van der Waals surface area contributed by atoms with Crippen LogP contribution in [0.25, 0.3) is 0 Å². The Bertz CT molecular complexity index is 451. The second-order valence-corrected chi connectivity index (χ2v) is 5.30. The van der Waals surface area contributed by atoms with Crippen LogP contribution in [0.15, 0.2) is 22.7 Å². The molecule has 0 aromatic heterocycles. The Morgan fingerprint density at radius 1 is 1.61 bits per heavy atom. The van der Waals surface area contributed by atoms with E-state index >= 15 is 0 Å². The molecule has 0 radical (unpaired) electrons. The molecule has 0 aliphatic carbocycles. The first-order valence-corrected chi connectivity index (χ1v) is 6.78. The average Bonchev–Trinajstić information content (AvgIpc) is 2.41. The lowest BCUT2D eigenvalue weighted by Crippen LogP contribution is -2.48. The highest BCUT2D eigenvalue weighted by Crippen LogP contribution is 2.19. The zero-order chi connectivity index (χ0) is 13.1. The number of ether oxygens (including phenoxy) is 1. The number of aryl methyl sites for hydroxylation is 1. The van der Waals surface area contributed by atoms with Crippen LogP contribution in [0, 0.1) is 6.92 Å². The highest BCUT2D eigenvalue weighted by Gasteiger charge is 2.24. The fraction of sp³-hybridized carbons (Fsp3) is 0.462. The predicted molar refractivity (Wildman–Crippen MR) is 73.6 cm³/mol. The van der Waals surface area contributed by atoms with Crippen molar-refractivity contribution in [3.8, 4) is 0 Å². The normalized spacial score (nSPS) is 19.9. The molecule has 1 aliphatic heterocycles. The summed E-state index contributed by atoms with van der Waals surface area (Å²) >= 11 is 3.43. The summed E-state index contributed by atoms with van der Waals surface area (Å²) in [5.74, 6) is 0.0485. The maximum atomic E-state index is 12.3. The fourth-order valence-electron chi connectivity index (χ4n) is 2.01. The van der Waals surface area contributed by atoms with Crippen LogP contribution in [0.1, 0.15) is 15.9 Å². The van der Waals surface area contributed by atoms with Crippen molar-refractivity contribution in [2.75, 3.05) is 26.2 Å². The molecule has 2 rings (SSSR count). The van der Waals surface area contributed by atoms with Crippen molar-refractivity contribution in [3.63, 3.8) is 0 Å². The van der Waals surface area contributed by atoms with Gasteiger partial charge < -0.3 is 15.4 Å². The summed E-state index contributed by atoms with van der Waals surface area (Å²) in [6, 6.07) is 5.65. The van der Waals surface area contributed by atoms with Gasteiger partial charge in [0, 0.05) is 29.7 Å². The van der Waals surface area contributed by atoms with Crippen molar-refractivity contribution in [2.45, 2.75) is 13.0 Å². The molecular formula is C13H17BrN2O2. The summed E-state index contributed by atoms with van der Waals surface area (Å²) in [5.41, 5.74) is 7.35. The van der Waals surface area contributed by atoms with Crippen molar-refractivity contribution in [3.05, 3.63) is 33.8 Å². The van der Waals surface area contributed by atoms with Crippen molar-refractivity contribution in [1.82, 2.24) is 4.90 Å². The summed E-state index contributed by atoms with van der Waals surface area (Å²) in [5, 5.41) is 0. The summed E-state index contributed by atoms with van der Waals surface area (Å²) in [4.78, 5) is 14.1. The smallest absolute Gasteiger partial charge is 0.254 e. The maximum absolute atomic E-state index is 12.3. The van der Waals surface area contributed by atoms with E-state index in [1.54, 1.807) is 0 Å². The Kier molecular flexibility index (Phi) is 4.37. The number of hydrogen-bond donors (Lipinski definition) is 1. The van der Waals surface area contributed by atoms with Crippen LogP contribution in [0.4, 0.5) is 0 Å². The average molecular weight is 313 g/mol. The highest BCUT2D eigenvalue weighted by molar-refractivity contribution is 9.10. The van der Waals surface area contributed by atoms with Crippen molar-refractivity contribution < 1.29 is 9.53 Å². The van der Waals surface area contributed by atoms with Gasteiger partial charge in [-0.3, -0.25) is 4.79 Å². The first-order chi connectivity index (χ1) is 8.61. The molecule has 1 aliphatic rings. The van der Waals surface area contributed by atoms with E-state index < -0.39 is 0 Å². The summed E-state index contributed by atoms with van der Waals surface area (Å²) in [6.07, 6.45) is -0.0424. The molecule has 1 saturated heterocycles. The van der Waals surface area contributed by atoms with E-state index in [1.165, 1.54) is 0 Å². The summed E-state index contributed by atoms with van der Waals surface area (Å²) in [7, 11) is 0. The SMILES string of the molecule is Cc1cc(C(=O)N2CCOC(CN)C2)ccc1Br. The minimum Gasteiger partial charge on any atom is -0.373 e. The summed E-state index contributed by atoms with van der Waals surface area (Å²) in [6.45, 7) is 4.18. The third-order valence-corrected chi connectivity index (χ3v) is 3.98. The van der Waals surface area contributed by atoms with E-state index in [1.807, 2.05) is 30.0 Å². The summed E-state index contributed by atoms with van der Waals surface area (Å²) < 4.78 is 6.47. The van der Waals surface area contributed by atoms with Gasteiger partial charge in [-0.1, -0.05) is 15.9 Å². The number of amides is 1. The van der Waals surface area contributed by atoms with Gasteiger partial charge in [-0.2, -0.15) is 0 Å². The van der Waals surface area contributed by atoms with Crippen molar-refractivity contribution in [2.24, 2.45) is 5.73 Å². The third kappa shape index (κ3) is 2.91. The first kappa shape index (κ1) is 13.5. The topological polar surface area (TPSA) is 55.6 Å². The number of nitrogens with two attached hydrogens (primary N) is 1. The Hall–Kier alpha value is -0.910. The number of carbonyl (C=O) groups is 1. The van der Waals surface area contributed by atoms with Crippen LogP contribution in [0.5, 0.6) is 0 Å². The number of hydrogen-bond acceptors (Lipinski definition) is 3. The fourth-order valence-corrected chi connectivity index (χ4v) is 2.25. The van der Waals surface area contributed by atoms with Gasteiger partial charge in [0.15, 0.2) is 0 Å². The first-order valence-electron chi connectivity index (χ1n) is 5.99. The molecule has 4 nitrogen and oxygen atoms in total. The van der Waals surface area contributed by atoms with Gasteiger partial charge in [0.2, 0.25) is 0 Å². The minimum absolute atomic E-state index is 0.0424. The molecule has 1 aromatic rings. The van der Waals surface area contributed by atoms with E-state index in [-0.39, 0.29) is 12.0 Å². The number of halogens is 1. The number of benzene rings is 1. The Labute approximate surface area is 115 Å². The molecular weight excluding hydrogens is 296 g/mol. The molecule has 1 fully saturated rings. The number of morpholine rings is 1. The van der Waals surface area contributed by atoms with Crippen LogP contribution < -0.4 is 5.73 Å². The Balaban J connectivity index is 2.12. The number of nitrogens with zero attached hydrogens (tertiary/aromatic N) is 1. The van der Waals surface area contributed by atoms with Crippen LogP contribution in [0.2, 0.25) is 0 Å². The van der Waals surface area contributed by atoms with Gasteiger partial charge in [0.1, 0.15) is 0 Å². The molecule has 0 saturated carbocycles. The quantitative estimate of drug-likeness (QED) is 0.901. The largest absolute Gasteiger partial charge is 0.373 e. The zero-order valence-corrected chi connectivity index (χ0v) is 11.9. The van der Waals surface area contributed by atoms with Gasteiger partial charge in [0.05, 0.1) is 12.7 Å². The van der Waals surface area contributed by atoms with Crippen LogP contribution in [-0.4, -0.2) is 43.2 Å². The van der Waals surface area contributed by atoms with Gasteiger partial charge in [0.25, 0.3) is 5.91 Å². The lowest BCUT2D eigenvalue weighted by atomic mass is 10.1. The number of rotatable bonds is 2. The maximum Gasteiger partial charge on any atom is 0.254 e. The Morgan fingerprint density at radius 2 is 2.39 bits per heavy atom. The molecule has 1 unspecified atom stereocenters. The number of carbonyl (C=O) groups excluding carboxylic acids is 1. The molecule has 1 heterocycles. The van der Waals surface area contributed by atoms with Crippen LogP contribution in [0.3, 0.4) is 0 Å². The lowest BCUT2D eigenvalue weighted by molar-refractivity contribution is -0.0167. The molecule has 1 atom stereocenters. The highest BCUT2D eigenvalue weighted by atomic mass is 79.9. The van der Waals surface area contributed by atoms with E-state index in [9.17, 15) is 4.79 Å². The molecule has 0 spiro atoms. The van der Waals surface area contributed by atoms with Gasteiger partial charge in [-0.05, 0) is 30.7 Å². The predicted octanol–water partition coefficient (Wildman–Crippen LogP) is 1.56. The van der Waals surface area contributed by atoms with Crippen molar-refractivity contribution in [1.29, 1.82) is 0 Å². The molecule has 5 heteroatoms. The molecule has 98 valence electrons. The van der Waals surface area contributed by atoms with Gasteiger partial charge >= 0.3 is 0 Å². The van der Waals surface area contributed by atoms with E-state index in [0.29, 0.717) is 31.8 Å². The third-order valence-electron chi connectivity index (χ3n) is 3.09. The van der Waals surface area contributed by atoms with Gasteiger partial charge in [-0.25, -0.2) is 0 Å². The molecule has 18 heavy (non-hydrogen) atoms. The standard InChI is InChI=1S/C13H17BrN2O2/c1-9-6-10(2-3-12(9)14)13(17)16-4-5-18-11(7-15)8-16/h2-3,6,11H,4-5,7-8,15H2,1H3. The molecule has 0 bridgehead atoms. The molecule has 2 N–H and O–H groups in total. The molecule has 1 aromatic carbocycles. The second-order valence-electron chi connectivity index (χ2n) is 4.44.